The van der Waals surface area contributed by atoms with E-state index in [1.165, 1.54) is 0 Å². The summed E-state index contributed by atoms with van der Waals surface area (Å²) in [6.45, 7) is 0. The van der Waals surface area contributed by atoms with Gasteiger partial charge in [-0.3, -0.25) is 4.99 Å². The first-order valence-electron chi connectivity index (χ1n) is 3.98. The Morgan fingerprint density at radius 2 is 2.00 bits per heavy atom. The Labute approximate surface area is 101 Å². The summed E-state index contributed by atoms with van der Waals surface area (Å²) in [6, 6.07) is 5.67. The zero-order chi connectivity index (χ0) is 10.1. The number of aliphatic imine (C=N–C) groups is 1. The van der Waals surface area contributed by atoms with Gasteiger partial charge in [-0.05, 0) is 17.7 Å². The van der Waals surface area contributed by atoms with Crippen LogP contribution in [0.25, 0.3) is 0 Å². The van der Waals surface area contributed by atoms with E-state index >= 15 is 0 Å². The fraction of sp³-hybridized carbons (Fsp3) is 0.222. The lowest BCUT2D eigenvalue weighted by molar-refractivity contribution is 0.851. The van der Waals surface area contributed by atoms with Crippen molar-refractivity contribution in [2.75, 3.05) is 5.75 Å². The first-order valence-corrected chi connectivity index (χ1v) is 6.10. The van der Waals surface area contributed by atoms with Crippen molar-refractivity contribution < 1.29 is 0 Å². The lowest BCUT2D eigenvalue weighted by atomic mass is 10.1. The van der Waals surface area contributed by atoms with E-state index in [0.29, 0.717) is 14.5 Å². The molecule has 0 amide bonds. The fourth-order valence-corrected chi connectivity index (χ4v) is 2.61. The monoisotopic (exact) mass is 265 g/mol. The lowest BCUT2D eigenvalue weighted by Crippen LogP contribution is -1.93. The summed E-state index contributed by atoms with van der Waals surface area (Å²) < 4.78 is 0.612. The van der Waals surface area contributed by atoms with E-state index in [0.717, 1.165) is 11.3 Å². The van der Waals surface area contributed by atoms with Gasteiger partial charge in [-0.1, -0.05) is 52.6 Å². The van der Waals surface area contributed by atoms with Crippen molar-refractivity contribution in [3.05, 3.63) is 33.8 Å². The third-order valence-electron chi connectivity index (χ3n) is 1.95. The quantitative estimate of drug-likeness (QED) is 0.735. The number of nitrogens with zero attached hydrogens (tertiary/aromatic N) is 1. The molecule has 0 bridgehead atoms. The van der Waals surface area contributed by atoms with Gasteiger partial charge in [-0.15, -0.1) is 0 Å². The number of hydrogen-bond acceptors (Lipinski definition) is 2. The molecule has 0 spiro atoms. The summed E-state index contributed by atoms with van der Waals surface area (Å²) in [6.07, 6.45) is 0. The van der Waals surface area contributed by atoms with Gasteiger partial charge in [-0.25, -0.2) is 0 Å². The Bertz CT molecular complexity index is 392. The molecule has 0 aromatic heterocycles. The molecule has 0 N–H and O–H groups in total. The first-order chi connectivity index (χ1) is 6.66. The van der Waals surface area contributed by atoms with Crippen molar-refractivity contribution in [3.8, 4) is 0 Å². The maximum absolute atomic E-state index is 5.91. The highest BCUT2D eigenvalue weighted by Crippen LogP contribution is 2.34. The number of rotatable bonds is 1. The van der Waals surface area contributed by atoms with Crippen LogP contribution in [0.4, 0.5) is 0 Å². The number of halogens is 3. The Balaban J connectivity index is 2.29. The summed E-state index contributed by atoms with van der Waals surface area (Å²) >= 11 is 19.1. The molecule has 0 saturated heterocycles. The number of thioether (sulfide) groups is 1. The van der Waals surface area contributed by atoms with Crippen LogP contribution < -0.4 is 0 Å². The van der Waals surface area contributed by atoms with E-state index in [2.05, 4.69) is 4.99 Å². The fourth-order valence-electron chi connectivity index (χ4n) is 1.24. The van der Waals surface area contributed by atoms with Crippen molar-refractivity contribution in [1.82, 2.24) is 0 Å². The predicted molar refractivity (Wildman–Crippen MR) is 64.9 cm³/mol. The largest absolute Gasteiger partial charge is 0.258 e. The molecule has 2 rings (SSSR count). The number of hydrogen-bond donors (Lipinski definition) is 0. The molecule has 5 heteroatoms. The molecule has 1 aromatic rings. The van der Waals surface area contributed by atoms with E-state index in [1.54, 1.807) is 17.8 Å². The Kier molecular flexibility index (Phi) is 3.27. The molecular weight excluding hydrogens is 261 g/mol. The van der Waals surface area contributed by atoms with Gasteiger partial charge in [0.1, 0.15) is 0 Å². The molecule has 1 nitrogen and oxygen atoms in total. The van der Waals surface area contributed by atoms with Crippen molar-refractivity contribution in [3.63, 3.8) is 0 Å². The molecule has 74 valence electrons. The average molecular weight is 267 g/mol. The topological polar surface area (TPSA) is 12.4 Å². The van der Waals surface area contributed by atoms with Gasteiger partial charge in [0.25, 0.3) is 0 Å². The van der Waals surface area contributed by atoms with E-state index in [-0.39, 0.29) is 6.04 Å². The summed E-state index contributed by atoms with van der Waals surface area (Å²) in [5, 5.41) is 1.13. The van der Waals surface area contributed by atoms with Crippen LogP contribution in [0.5, 0.6) is 0 Å². The molecule has 1 unspecified atom stereocenters. The van der Waals surface area contributed by atoms with Gasteiger partial charge in [0.15, 0.2) is 4.50 Å². The normalized spacial score (nSPS) is 21.1. The molecule has 0 fully saturated rings. The highest BCUT2D eigenvalue weighted by molar-refractivity contribution is 8.17. The third kappa shape index (κ3) is 2.19. The first kappa shape index (κ1) is 10.6. The molecule has 1 aliphatic heterocycles. The van der Waals surface area contributed by atoms with Gasteiger partial charge in [0.05, 0.1) is 16.1 Å². The standard InChI is InChI=1S/C9H6Cl3NS/c10-6-2-1-5(3-7(6)11)8-4-14-9(12)13-8/h1-3,8H,4H2. The van der Waals surface area contributed by atoms with Gasteiger partial charge in [-0.2, -0.15) is 0 Å². The highest BCUT2D eigenvalue weighted by Gasteiger charge is 2.19. The van der Waals surface area contributed by atoms with Crippen LogP contribution in [-0.4, -0.2) is 10.3 Å². The maximum Gasteiger partial charge on any atom is 0.158 e. The summed E-state index contributed by atoms with van der Waals surface area (Å²) in [5.41, 5.74) is 1.06. The summed E-state index contributed by atoms with van der Waals surface area (Å²) in [5.74, 6) is 0.872. The summed E-state index contributed by atoms with van der Waals surface area (Å²) in [4.78, 5) is 4.27. The minimum absolute atomic E-state index is 0.113. The molecule has 0 saturated carbocycles. The minimum atomic E-state index is 0.113. The second kappa shape index (κ2) is 4.31. The molecule has 0 aliphatic carbocycles. The van der Waals surface area contributed by atoms with E-state index in [1.807, 2.05) is 12.1 Å². The van der Waals surface area contributed by atoms with E-state index in [4.69, 9.17) is 34.8 Å². The average Bonchev–Trinajstić information content (AvgIpc) is 2.57. The Hall–Kier alpha value is 0.110. The van der Waals surface area contributed by atoms with Crippen molar-refractivity contribution in [2.24, 2.45) is 4.99 Å². The Morgan fingerprint density at radius 1 is 1.21 bits per heavy atom. The third-order valence-corrected chi connectivity index (χ3v) is 3.94. The maximum atomic E-state index is 5.91. The van der Waals surface area contributed by atoms with Gasteiger partial charge in [0, 0.05) is 5.75 Å². The highest BCUT2D eigenvalue weighted by atomic mass is 35.5. The molecule has 1 heterocycles. The molecular formula is C9H6Cl3NS. The predicted octanol–water partition coefficient (Wildman–Crippen LogP) is 4.38. The van der Waals surface area contributed by atoms with Crippen molar-refractivity contribution in [2.45, 2.75) is 6.04 Å². The molecule has 1 aliphatic rings. The van der Waals surface area contributed by atoms with Crippen LogP contribution in [0.15, 0.2) is 23.2 Å². The Morgan fingerprint density at radius 3 is 2.57 bits per heavy atom. The zero-order valence-corrected chi connectivity index (χ0v) is 10.1. The minimum Gasteiger partial charge on any atom is -0.258 e. The van der Waals surface area contributed by atoms with Crippen LogP contribution in [0, 0.1) is 0 Å². The second-order valence-corrected chi connectivity index (χ2v) is 5.29. The second-order valence-electron chi connectivity index (χ2n) is 2.88. The van der Waals surface area contributed by atoms with Crippen LogP contribution in [0.3, 0.4) is 0 Å². The van der Waals surface area contributed by atoms with Crippen molar-refractivity contribution in [1.29, 1.82) is 0 Å². The smallest absolute Gasteiger partial charge is 0.158 e. The summed E-state index contributed by atoms with van der Waals surface area (Å²) in [7, 11) is 0. The molecule has 1 atom stereocenters. The van der Waals surface area contributed by atoms with Crippen LogP contribution >= 0.6 is 46.6 Å². The lowest BCUT2D eigenvalue weighted by Gasteiger charge is -2.06. The van der Waals surface area contributed by atoms with Crippen molar-refractivity contribution >= 4 is 51.1 Å². The SMILES string of the molecule is ClC1=NC(c2ccc(Cl)c(Cl)c2)CS1. The number of benzene rings is 1. The van der Waals surface area contributed by atoms with Gasteiger partial charge < -0.3 is 0 Å². The van der Waals surface area contributed by atoms with Gasteiger partial charge >= 0.3 is 0 Å². The molecule has 0 radical (unpaired) electrons. The van der Waals surface area contributed by atoms with Crippen LogP contribution in [0.1, 0.15) is 11.6 Å². The van der Waals surface area contributed by atoms with Crippen LogP contribution in [-0.2, 0) is 0 Å². The molecule has 1 aromatic carbocycles. The van der Waals surface area contributed by atoms with E-state index in [9.17, 15) is 0 Å². The molecule has 14 heavy (non-hydrogen) atoms. The van der Waals surface area contributed by atoms with Gasteiger partial charge in [0.2, 0.25) is 0 Å². The zero-order valence-electron chi connectivity index (χ0n) is 7.01. The van der Waals surface area contributed by atoms with E-state index < -0.39 is 0 Å². The van der Waals surface area contributed by atoms with Crippen LogP contribution in [0.2, 0.25) is 10.0 Å².